The number of imidazole rings is 1. The standard InChI is InChI=1S/C20H24N4O4S/c1-22(2)20(25)14-6-11-18-17(12-14)21-19(24(18)4)13-23(3)29(26,27)16-9-7-15(28-5)8-10-16/h6-12H,13H2,1-5H3. The van der Waals surface area contributed by atoms with Gasteiger partial charge in [-0.1, -0.05) is 0 Å². The Morgan fingerprint density at radius 2 is 1.76 bits per heavy atom. The quantitative estimate of drug-likeness (QED) is 0.614. The Bertz CT molecular complexity index is 1150. The van der Waals surface area contributed by atoms with E-state index in [-0.39, 0.29) is 17.3 Å². The Morgan fingerprint density at radius 1 is 1.10 bits per heavy atom. The zero-order valence-corrected chi connectivity index (χ0v) is 17.9. The first-order valence-electron chi connectivity index (χ1n) is 8.92. The zero-order valence-electron chi connectivity index (χ0n) is 17.1. The SMILES string of the molecule is COc1ccc(S(=O)(=O)N(C)Cc2nc3cc(C(=O)N(C)C)ccc3n2C)cc1. The fraction of sp³-hybridized carbons (Fsp3) is 0.300. The molecule has 9 heteroatoms. The lowest BCUT2D eigenvalue weighted by Crippen LogP contribution is -2.27. The van der Waals surface area contributed by atoms with Gasteiger partial charge in [0.15, 0.2) is 0 Å². The van der Waals surface area contributed by atoms with Gasteiger partial charge in [-0.25, -0.2) is 13.4 Å². The van der Waals surface area contributed by atoms with Crippen molar-refractivity contribution in [2.24, 2.45) is 7.05 Å². The molecule has 0 aliphatic carbocycles. The van der Waals surface area contributed by atoms with Crippen LogP contribution in [-0.2, 0) is 23.6 Å². The average molecular weight is 417 g/mol. The first kappa shape index (κ1) is 20.8. The molecule has 0 aliphatic rings. The molecule has 0 bridgehead atoms. The maximum atomic E-state index is 12.9. The topological polar surface area (TPSA) is 84.7 Å². The summed E-state index contributed by atoms with van der Waals surface area (Å²) in [6.07, 6.45) is 0. The van der Waals surface area contributed by atoms with Crippen LogP contribution >= 0.6 is 0 Å². The molecule has 0 spiro atoms. The fourth-order valence-electron chi connectivity index (χ4n) is 2.99. The van der Waals surface area contributed by atoms with Crippen LogP contribution in [0.1, 0.15) is 16.2 Å². The second kappa shape index (κ2) is 7.84. The number of aromatic nitrogens is 2. The Morgan fingerprint density at radius 3 is 2.34 bits per heavy atom. The zero-order chi connectivity index (χ0) is 21.3. The van der Waals surface area contributed by atoms with E-state index in [9.17, 15) is 13.2 Å². The fourth-order valence-corrected chi connectivity index (χ4v) is 4.12. The van der Waals surface area contributed by atoms with Crippen LogP contribution in [0.15, 0.2) is 47.4 Å². The molecular formula is C20H24N4O4S. The van der Waals surface area contributed by atoms with Crippen LogP contribution in [0.25, 0.3) is 11.0 Å². The van der Waals surface area contributed by atoms with Gasteiger partial charge in [0.2, 0.25) is 10.0 Å². The summed E-state index contributed by atoms with van der Waals surface area (Å²) in [4.78, 5) is 18.4. The summed E-state index contributed by atoms with van der Waals surface area (Å²) in [7, 11) is 4.56. The largest absolute Gasteiger partial charge is 0.497 e. The van der Waals surface area contributed by atoms with Crippen LogP contribution in [-0.4, -0.2) is 61.3 Å². The van der Waals surface area contributed by atoms with Crippen LogP contribution in [0.2, 0.25) is 0 Å². The van der Waals surface area contributed by atoms with Gasteiger partial charge in [0.05, 0.1) is 29.6 Å². The predicted molar refractivity (Wildman–Crippen MR) is 110 cm³/mol. The maximum absolute atomic E-state index is 12.9. The first-order chi connectivity index (χ1) is 13.6. The predicted octanol–water partition coefficient (Wildman–Crippen LogP) is 2.10. The molecule has 0 N–H and O–H groups in total. The Hall–Kier alpha value is -2.91. The van der Waals surface area contributed by atoms with Crippen LogP contribution in [0.3, 0.4) is 0 Å². The van der Waals surface area contributed by atoms with Crippen LogP contribution < -0.4 is 4.74 Å². The second-order valence-electron chi connectivity index (χ2n) is 6.93. The molecule has 2 aromatic carbocycles. The summed E-state index contributed by atoms with van der Waals surface area (Å²) in [5.41, 5.74) is 2.00. The van der Waals surface area contributed by atoms with Crippen molar-refractivity contribution in [1.29, 1.82) is 0 Å². The third-order valence-electron chi connectivity index (χ3n) is 4.76. The van der Waals surface area contributed by atoms with Gasteiger partial charge in [0.25, 0.3) is 5.91 Å². The number of rotatable bonds is 6. The number of fused-ring (bicyclic) bond motifs is 1. The number of carbonyl (C=O) groups is 1. The molecule has 8 nitrogen and oxygen atoms in total. The summed E-state index contributed by atoms with van der Waals surface area (Å²) in [6, 6.07) is 11.5. The Labute approximate surface area is 170 Å². The van der Waals surface area contributed by atoms with E-state index >= 15 is 0 Å². The maximum Gasteiger partial charge on any atom is 0.253 e. The van der Waals surface area contributed by atoms with Crippen molar-refractivity contribution in [3.63, 3.8) is 0 Å². The van der Waals surface area contributed by atoms with Crippen molar-refractivity contribution < 1.29 is 17.9 Å². The van der Waals surface area contributed by atoms with Crippen molar-refractivity contribution in [1.82, 2.24) is 18.8 Å². The summed E-state index contributed by atoms with van der Waals surface area (Å²) in [5.74, 6) is 1.05. The van der Waals surface area contributed by atoms with Crippen molar-refractivity contribution in [3.8, 4) is 5.75 Å². The van der Waals surface area contributed by atoms with Gasteiger partial charge in [-0.2, -0.15) is 4.31 Å². The molecule has 1 amide bonds. The minimum Gasteiger partial charge on any atom is -0.497 e. The van der Waals surface area contributed by atoms with E-state index in [0.29, 0.717) is 22.7 Å². The van der Waals surface area contributed by atoms with Crippen LogP contribution in [0, 0.1) is 0 Å². The van der Waals surface area contributed by atoms with Crippen LogP contribution in [0.5, 0.6) is 5.75 Å². The summed E-state index contributed by atoms with van der Waals surface area (Å²) in [5, 5.41) is 0. The lowest BCUT2D eigenvalue weighted by Gasteiger charge is -2.17. The Balaban J connectivity index is 1.90. The number of aryl methyl sites for hydroxylation is 1. The van der Waals surface area contributed by atoms with Crippen LogP contribution in [0.4, 0.5) is 0 Å². The normalized spacial score (nSPS) is 11.8. The number of ether oxygens (including phenoxy) is 1. The Kier molecular flexibility index (Phi) is 5.63. The van der Waals surface area contributed by atoms with Gasteiger partial charge < -0.3 is 14.2 Å². The van der Waals surface area contributed by atoms with Crippen molar-refractivity contribution in [2.45, 2.75) is 11.4 Å². The third kappa shape index (κ3) is 3.96. The number of hydrogen-bond donors (Lipinski definition) is 0. The van der Waals surface area contributed by atoms with E-state index in [0.717, 1.165) is 5.52 Å². The smallest absolute Gasteiger partial charge is 0.253 e. The molecule has 0 saturated carbocycles. The number of nitrogens with zero attached hydrogens (tertiary/aromatic N) is 4. The van der Waals surface area contributed by atoms with E-state index in [1.54, 1.807) is 38.4 Å². The molecule has 0 unspecified atom stereocenters. The molecule has 0 saturated heterocycles. The molecule has 154 valence electrons. The summed E-state index contributed by atoms with van der Waals surface area (Å²) >= 11 is 0. The lowest BCUT2D eigenvalue weighted by atomic mass is 10.2. The monoisotopic (exact) mass is 416 g/mol. The van der Waals surface area contributed by atoms with E-state index in [2.05, 4.69) is 4.98 Å². The molecule has 0 fully saturated rings. The third-order valence-corrected chi connectivity index (χ3v) is 6.58. The number of amides is 1. The van der Waals surface area contributed by atoms with Crippen molar-refractivity contribution >= 4 is 27.0 Å². The highest BCUT2D eigenvalue weighted by Crippen LogP contribution is 2.22. The number of carbonyl (C=O) groups excluding carboxylic acids is 1. The average Bonchev–Trinajstić information content (AvgIpc) is 3.02. The molecule has 1 aromatic heterocycles. The molecular weight excluding hydrogens is 392 g/mol. The second-order valence-corrected chi connectivity index (χ2v) is 8.97. The minimum absolute atomic E-state index is 0.0938. The highest BCUT2D eigenvalue weighted by atomic mass is 32.2. The molecule has 0 radical (unpaired) electrons. The highest BCUT2D eigenvalue weighted by Gasteiger charge is 2.23. The van der Waals surface area contributed by atoms with Crippen molar-refractivity contribution in [3.05, 3.63) is 53.9 Å². The summed E-state index contributed by atoms with van der Waals surface area (Å²) in [6.45, 7) is 0.0938. The van der Waals surface area contributed by atoms with E-state index < -0.39 is 10.0 Å². The van der Waals surface area contributed by atoms with E-state index in [4.69, 9.17) is 4.74 Å². The lowest BCUT2D eigenvalue weighted by molar-refractivity contribution is 0.0827. The number of hydrogen-bond acceptors (Lipinski definition) is 5. The summed E-state index contributed by atoms with van der Waals surface area (Å²) < 4.78 is 33.9. The minimum atomic E-state index is -3.69. The van der Waals surface area contributed by atoms with Gasteiger partial charge in [0, 0.05) is 33.8 Å². The number of benzene rings is 2. The van der Waals surface area contributed by atoms with Gasteiger partial charge in [0.1, 0.15) is 11.6 Å². The van der Waals surface area contributed by atoms with Gasteiger partial charge in [-0.3, -0.25) is 4.79 Å². The molecule has 0 aliphatic heterocycles. The number of sulfonamides is 1. The van der Waals surface area contributed by atoms with Crippen molar-refractivity contribution in [2.75, 3.05) is 28.3 Å². The van der Waals surface area contributed by atoms with Gasteiger partial charge in [-0.05, 0) is 42.5 Å². The molecule has 1 heterocycles. The van der Waals surface area contributed by atoms with E-state index in [1.807, 2.05) is 17.7 Å². The van der Waals surface area contributed by atoms with E-state index in [1.165, 1.54) is 35.5 Å². The molecule has 3 rings (SSSR count). The molecule has 3 aromatic rings. The van der Waals surface area contributed by atoms with Gasteiger partial charge in [-0.15, -0.1) is 0 Å². The molecule has 29 heavy (non-hydrogen) atoms. The first-order valence-corrected chi connectivity index (χ1v) is 10.4. The highest BCUT2D eigenvalue weighted by molar-refractivity contribution is 7.89. The molecule has 0 atom stereocenters. The number of methoxy groups -OCH3 is 1. The van der Waals surface area contributed by atoms with Gasteiger partial charge >= 0.3 is 0 Å².